The van der Waals surface area contributed by atoms with Crippen LogP contribution in [0.5, 0.6) is 0 Å². The second-order valence-corrected chi connectivity index (χ2v) is 11.3. The highest BCUT2D eigenvalue weighted by molar-refractivity contribution is 7.90. The highest BCUT2D eigenvalue weighted by Crippen LogP contribution is 2.32. The fourth-order valence-corrected chi connectivity index (χ4v) is 5.61. The van der Waals surface area contributed by atoms with E-state index in [0.717, 1.165) is 5.56 Å². The Labute approximate surface area is 202 Å². The molecule has 4 rings (SSSR count). The van der Waals surface area contributed by atoms with Gasteiger partial charge in [-0.05, 0) is 54.6 Å². The molecule has 0 bridgehead atoms. The number of aromatic nitrogens is 1. The van der Waals surface area contributed by atoms with Gasteiger partial charge >= 0.3 is 6.03 Å². The van der Waals surface area contributed by atoms with Crippen molar-refractivity contribution >= 4 is 37.7 Å². The zero-order valence-corrected chi connectivity index (χ0v) is 20.1. The van der Waals surface area contributed by atoms with Crippen molar-refractivity contribution < 1.29 is 26.4 Å². The fourth-order valence-electron chi connectivity index (χ4n) is 3.39. The molecular weight excluding hydrogens is 494 g/mol. The van der Waals surface area contributed by atoms with Gasteiger partial charge in [0.05, 0.1) is 17.1 Å². The molecule has 182 valence electrons. The van der Waals surface area contributed by atoms with E-state index in [0.29, 0.717) is 9.87 Å². The standard InChI is InChI=1S/C22H21N5O6S2/c1-23-34(30,31)18-7-4-15(5-8-18)14-27-22(29)26-19-9-6-17(11-20(19)35(27,32)33)21(28)25-13-16-3-2-10-24-12-16/h2-12,23H,13-14H2,1H3,(H,25,28)(H,26,29). The van der Waals surface area contributed by atoms with Gasteiger partial charge in [-0.25, -0.2) is 30.7 Å². The van der Waals surface area contributed by atoms with Crippen LogP contribution in [0.1, 0.15) is 21.5 Å². The topological polar surface area (TPSA) is 155 Å². The third-order valence-electron chi connectivity index (χ3n) is 5.28. The fraction of sp³-hybridized carbons (Fsp3) is 0.136. The number of nitrogens with zero attached hydrogens (tertiary/aromatic N) is 2. The molecule has 11 nitrogen and oxygen atoms in total. The smallest absolute Gasteiger partial charge is 0.336 e. The highest BCUT2D eigenvalue weighted by Gasteiger charge is 2.37. The first-order valence-corrected chi connectivity index (χ1v) is 13.2. The quantitative estimate of drug-likeness (QED) is 0.432. The summed E-state index contributed by atoms with van der Waals surface area (Å²) in [5, 5.41) is 5.22. The summed E-state index contributed by atoms with van der Waals surface area (Å²) in [4.78, 5) is 28.9. The van der Waals surface area contributed by atoms with Crippen LogP contribution in [0.4, 0.5) is 10.5 Å². The van der Waals surface area contributed by atoms with Crippen LogP contribution < -0.4 is 15.4 Å². The Morgan fingerprint density at radius 1 is 1.09 bits per heavy atom. The van der Waals surface area contributed by atoms with Gasteiger partial charge < -0.3 is 10.6 Å². The van der Waals surface area contributed by atoms with Crippen LogP contribution in [-0.2, 0) is 33.1 Å². The Balaban J connectivity index is 1.56. The van der Waals surface area contributed by atoms with Crippen LogP contribution in [0.2, 0.25) is 0 Å². The van der Waals surface area contributed by atoms with Crippen molar-refractivity contribution in [2.24, 2.45) is 0 Å². The lowest BCUT2D eigenvalue weighted by molar-refractivity contribution is 0.0950. The summed E-state index contributed by atoms with van der Waals surface area (Å²) in [6, 6.07) is 12.1. The third kappa shape index (κ3) is 5.01. The van der Waals surface area contributed by atoms with Crippen LogP contribution in [0, 0.1) is 0 Å². The maximum atomic E-state index is 13.3. The van der Waals surface area contributed by atoms with Crippen molar-refractivity contribution in [1.29, 1.82) is 0 Å². The normalized spacial score (nSPS) is 14.7. The summed E-state index contributed by atoms with van der Waals surface area (Å²) >= 11 is 0. The van der Waals surface area contributed by atoms with E-state index in [9.17, 15) is 26.4 Å². The molecule has 0 aliphatic carbocycles. The molecular formula is C22H21N5O6S2. The van der Waals surface area contributed by atoms with Crippen LogP contribution in [0.3, 0.4) is 0 Å². The predicted molar refractivity (Wildman–Crippen MR) is 126 cm³/mol. The first kappa shape index (κ1) is 24.3. The molecule has 3 amide bonds. The highest BCUT2D eigenvalue weighted by atomic mass is 32.2. The Morgan fingerprint density at radius 2 is 1.83 bits per heavy atom. The molecule has 0 atom stereocenters. The molecule has 0 radical (unpaired) electrons. The van der Waals surface area contributed by atoms with Crippen LogP contribution in [0.25, 0.3) is 0 Å². The zero-order valence-electron chi connectivity index (χ0n) is 18.4. The molecule has 0 saturated carbocycles. The number of rotatable bonds is 7. The van der Waals surface area contributed by atoms with Gasteiger partial charge in [-0.3, -0.25) is 9.78 Å². The first-order valence-electron chi connectivity index (χ1n) is 10.3. The SMILES string of the molecule is CNS(=O)(=O)c1ccc(CN2C(=O)Nc3ccc(C(=O)NCc4cccnc4)cc3S2(=O)=O)cc1. The predicted octanol–water partition coefficient (Wildman–Crippen LogP) is 1.66. The molecule has 3 aromatic rings. The summed E-state index contributed by atoms with van der Waals surface area (Å²) in [5.74, 6) is -0.489. The number of nitrogens with one attached hydrogen (secondary N) is 3. The molecule has 35 heavy (non-hydrogen) atoms. The molecule has 3 N–H and O–H groups in total. The van der Waals surface area contributed by atoms with E-state index < -0.39 is 32.0 Å². The number of hydrogen-bond acceptors (Lipinski definition) is 7. The van der Waals surface area contributed by atoms with Crippen molar-refractivity contribution in [3.8, 4) is 0 Å². The minimum Gasteiger partial charge on any atom is -0.348 e. The van der Waals surface area contributed by atoms with Gasteiger partial charge in [0.15, 0.2) is 0 Å². The van der Waals surface area contributed by atoms with Crippen LogP contribution in [0.15, 0.2) is 76.8 Å². The average molecular weight is 516 g/mol. The molecule has 0 unspecified atom stereocenters. The number of carbonyl (C=O) groups is 2. The summed E-state index contributed by atoms with van der Waals surface area (Å²) < 4.78 is 53.1. The number of anilines is 1. The van der Waals surface area contributed by atoms with Crippen molar-refractivity contribution in [2.75, 3.05) is 12.4 Å². The third-order valence-corrected chi connectivity index (χ3v) is 8.48. The number of carbonyl (C=O) groups excluding carboxylic acids is 2. The number of hydrogen-bond donors (Lipinski definition) is 3. The number of benzene rings is 2. The molecule has 13 heteroatoms. The number of urea groups is 1. The lowest BCUT2D eigenvalue weighted by Gasteiger charge is -2.29. The van der Waals surface area contributed by atoms with Crippen LogP contribution >= 0.6 is 0 Å². The van der Waals surface area contributed by atoms with Crippen LogP contribution in [-0.4, -0.2) is 45.1 Å². The lowest BCUT2D eigenvalue weighted by atomic mass is 10.2. The Hall–Kier alpha value is -3.81. The number of sulfonamides is 2. The maximum absolute atomic E-state index is 13.3. The van der Waals surface area contributed by atoms with Crippen molar-refractivity contribution in [3.63, 3.8) is 0 Å². The number of pyridine rings is 1. The minimum atomic E-state index is -4.30. The van der Waals surface area contributed by atoms with Gasteiger partial charge in [-0.2, -0.15) is 0 Å². The molecule has 1 aliphatic rings. The van der Waals surface area contributed by atoms with Crippen molar-refractivity contribution in [1.82, 2.24) is 19.3 Å². The average Bonchev–Trinajstić information content (AvgIpc) is 2.86. The Morgan fingerprint density at radius 3 is 2.49 bits per heavy atom. The van der Waals surface area contributed by atoms with Gasteiger partial charge in [0.25, 0.3) is 15.9 Å². The molecule has 0 saturated heterocycles. The number of fused-ring (bicyclic) bond motifs is 1. The van der Waals surface area contributed by atoms with E-state index in [1.165, 1.54) is 49.5 Å². The molecule has 1 aliphatic heterocycles. The van der Waals surface area contributed by atoms with E-state index in [4.69, 9.17) is 0 Å². The Bertz CT molecular complexity index is 1490. The van der Waals surface area contributed by atoms with Gasteiger partial charge in [0.2, 0.25) is 10.0 Å². The first-order chi connectivity index (χ1) is 16.6. The van der Waals surface area contributed by atoms with Gasteiger partial charge in [-0.1, -0.05) is 18.2 Å². The van der Waals surface area contributed by atoms with E-state index >= 15 is 0 Å². The molecule has 2 aromatic carbocycles. The van der Waals surface area contributed by atoms with Gasteiger partial charge in [-0.15, -0.1) is 0 Å². The van der Waals surface area contributed by atoms with Crippen molar-refractivity contribution in [3.05, 3.63) is 83.7 Å². The second kappa shape index (κ2) is 9.44. The Kier molecular flexibility index (Phi) is 6.56. The number of amides is 3. The zero-order chi connectivity index (χ0) is 25.2. The molecule has 0 fully saturated rings. The maximum Gasteiger partial charge on any atom is 0.336 e. The molecule has 1 aromatic heterocycles. The summed E-state index contributed by atoms with van der Waals surface area (Å²) in [6.07, 6.45) is 3.21. The van der Waals surface area contributed by atoms with Gasteiger partial charge in [0.1, 0.15) is 4.90 Å². The molecule has 2 heterocycles. The molecule has 0 spiro atoms. The van der Waals surface area contributed by atoms with E-state index in [2.05, 4.69) is 20.3 Å². The summed E-state index contributed by atoms with van der Waals surface area (Å²) in [7, 11) is -6.68. The van der Waals surface area contributed by atoms with E-state index in [1.807, 2.05) is 0 Å². The van der Waals surface area contributed by atoms with E-state index in [1.54, 1.807) is 24.5 Å². The minimum absolute atomic E-state index is 0.00184. The van der Waals surface area contributed by atoms with Crippen molar-refractivity contribution in [2.45, 2.75) is 22.9 Å². The largest absolute Gasteiger partial charge is 0.348 e. The monoisotopic (exact) mass is 515 g/mol. The van der Waals surface area contributed by atoms with Gasteiger partial charge in [0, 0.05) is 24.5 Å². The lowest BCUT2D eigenvalue weighted by Crippen LogP contribution is -2.43. The van der Waals surface area contributed by atoms with E-state index in [-0.39, 0.29) is 34.1 Å². The summed E-state index contributed by atoms with van der Waals surface area (Å²) in [6.45, 7) is -0.121. The second-order valence-electron chi connectivity index (χ2n) is 7.55. The summed E-state index contributed by atoms with van der Waals surface area (Å²) in [5.41, 5.74) is 1.34.